The van der Waals surface area contributed by atoms with Gasteiger partial charge in [0.2, 0.25) is 6.17 Å². The van der Waals surface area contributed by atoms with E-state index < -0.39 is 34.1 Å². The zero-order valence-electron chi connectivity index (χ0n) is 20.6. The molecule has 10 heteroatoms. The van der Waals surface area contributed by atoms with Crippen LogP contribution >= 0.6 is 0 Å². The van der Waals surface area contributed by atoms with Crippen LogP contribution in [0.1, 0.15) is 44.1 Å². The molecule has 0 saturated carbocycles. The summed E-state index contributed by atoms with van der Waals surface area (Å²) in [6.45, 7) is 4.38. The van der Waals surface area contributed by atoms with E-state index in [4.69, 9.17) is 4.55 Å². The van der Waals surface area contributed by atoms with Gasteiger partial charge in [-0.1, -0.05) is 54.6 Å². The lowest BCUT2D eigenvalue weighted by Gasteiger charge is -2.22. The normalized spacial score (nSPS) is 16.1. The summed E-state index contributed by atoms with van der Waals surface area (Å²) in [6, 6.07) is 13.3. The highest BCUT2D eigenvalue weighted by atomic mass is 32.2. The molecule has 4 rings (SSSR count). The molecule has 0 bridgehead atoms. The van der Waals surface area contributed by atoms with E-state index in [0.29, 0.717) is 17.4 Å². The molecule has 0 spiro atoms. The number of allylic oxidation sites excluding steroid dienone is 3. The van der Waals surface area contributed by atoms with Crippen LogP contribution in [-0.2, 0) is 19.6 Å². The van der Waals surface area contributed by atoms with E-state index in [-0.39, 0.29) is 11.5 Å². The van der Waals surface area contributed by atoms with E-state index in [0.717, 1.165) is 33.0 Å². The molecule has 0 aromatic heterocycles. The third-order valence-electron chi connectivity index (χ3n) is 6.54. The second-order valence-corrected chi connectivity index (χ2v) is 10.5. The van der Waals surface area contributed by atoms with Crippen molar-refractivity contribution < 1.29 is 40.5 Å². The Morgan fingerprint density at radius 1 is 1.13 bits per heavy atom. The molecular weight excluding hydrogens is 533 g/mol. The average Bonchev–Trinajstić information content (AvgIpc) is 2.91. The predicted octanol–water partition coefficient (Wildman–Crippen LogP) is 6.16. The van der Waals surface area contributed by atoms with E-state index in [2.05, 4.69) is 17.4 Å². The summed E-state index contributed by atoms with van der Waals surface area (Å²) in [4.78, 5) is 24.2. The number of alkyl halides is 3. The number of rotatable bonds is 9. The zero-order valence-corrected chi connectivity index (χ0v) is 21.4. The van der Waals surface area contributed by atoms with Crippen molar-refractivity contribution in [3.8, 4) is 0 Å². The summed E-state index contributed by atoms with van der Waals surface area (Å²) in [5, 5.41) is -3.11. The van der Waals surface area contributed by atoms with Crippen molar-refractivity contribution in [1.82, 2.24) is 0 Å². The lowest BCUT2D eigenvalue weighted by molar-refractivity contribution is -0.103. The largest absolute Gasteiger partial charge is 0.459 e. The number of esters is 1. The SMILES string of the molecule is C=CC1C=Cc2ccc(C=C(C=O)c3ccc(C(=O)OCC(F)C(F)(F)S(=O)(=O)O)cc3)c3ccc(C)c1c23. The van der Waals surface area contributed by atoms with Gasteiger partial charge in [0, 0.05) is 11.5 Å². The van der Waals surface area contributed by atoms with Crippen molar-refractivity contribution in [2.75, 3.05) is 6.61 Å². The van der Waals surface area contributed by atoms with Gasteiger partial charge in [0.05, 0.1) is 5.56 Å². The van der Waals surface area contributed by atoms with Crippen LogP contribution in [0.15, 0.2) is 67.3 Å². The second kappa shape index (κ2) is 10.6. The lowest BCUT2D eigenvalue weighted by atomic mass is 9.82. The molecule has 0 radical (unpaired) electrons. The molecule has 202 valence electrons. The van der Waals surface area contributed by atoms with Crippen LogP contribution in [0.2, 0.25) is 0 Å². The maximum atomic E-state index is 13.6. The summed E-state index contributed by atoms with van der Waals surface area (Å²) in [5.41, 5.74) is 4.73. The van der Waals surface area contributed by atoms with Gasteiger partial charge in [-0.15, -0.1) is 6.58 Å². The minimum absolute atomic E-state index is 0.0604. The molecule has 0 saturated heterocycles. The van der Waals surface area contributed by atoms with Crippen molar-refractivity contribution >= 4 is 50.9 Å². The lowest BCUT2D eigenvalue weighted by Crippen LogP contribution is -2.41. The van der Waals surface area contributed by atoms with Crippen LogP contribution in [-0.4, -0.2) is 43.3 Å². The molecule has 0 heterocycles. The predicted molar refractivity (Wildman–Crippen MR) is 143 cm³/mol. The first-order chi connectivity index (χ1) is 18.4. The van der Waals surface area contributed by atoms with Gasteiger partial charge in [-0.25, -0.2) is 9.18 Å². The van der Waals surface area contributed by atoms with E-state index in [1.165, 1.54) is 24.3 Å². The Morgan fingerprint density at radius 3 is 2.41 bits per heavy atom. The first kappa shape index (κ1) is 28.0. The Balaban J connectivity index is 1.59. The number of halogens is 3. The Labute approximate surface area is 222 Å². The minimum atomic E-state index is -6.03. The summed E-state index contributed by atoms with van der Waals surface area (Å²) < 4.78 is 74.4. The van der Waals surface area contributed by atoms with Crippen molar-refractivity contribution in [1.29, 1.82) is 0 Å². The highest BCUT2D eigenvalue weighted by molar-refractivity contribution is 7.86. The number of carbonyl (C=O) groups is 2. The summed E-state index contributed by atoms with van der Waals surface area (Å²) in [5.74, 6) is -1.14. The van der Waals surface area contributed by atoms with Gasteiger partial charge < -0.3 is 4.74 Å². The van der Waals surface area contributed by atoms with E-state index >= 15 is 0 Å². The molecule has 39 heavy (non-hydrogen) atoms. The maximum absolute atomic E-state index is 13.6. The second-order valence-electron chi connectivity index (χ2n) is 8.98. The Hall–Kier alpha value is -4.02. The van der Waals surface area contributed by atoms with Gasteiger partial charge in [-0.2, -0.15) is 17.2 Å². The Kier molecular flexibility index (Phi) is 7.63. The van der Waals surface area contributed by atoms with Crippen LogP contribution in [0.3, 0.4) is 0 Å². The van der Waals surface area contributed by atoms with Crippen LogP contribution in [0.4, 0.5) is 13.2 Å². The number of hydrogen-bond acceptors (Lipinski definition) is 5. The molecule has 0 amide bonds. The van der Waals surface area contributed by atoms with Gasteiger partial charge >= 0.3 is 21.3 Å². The molecule has 3 aromatic rings. The van der Waals surface area contributed by atoms with Gasteiger partial charge in [-0.3, -0.25) is 9.35 Å². The van der Waals surface area contributed by atoms with Gasteiger partial charge in [0.25, 0.3) is 0 Å². The van der Waals surface area contributed by atoms with E-state index in [1.54, 1.807) is 6.08 Å². The third kappa shape index (κ3) is 5.30. The molecule has 1 aliphatic rings. The van der Waals surface area contributed by atoms with E-state index in [1.807, 2.05) is 43.3 Å². The van der Waals surface area contributed by atoms with Crippen LogP contribution in [0.5, 0.6) is 0 Å². The number of hydrogen-bond donors (Lipinski definition) is 1. The maximum Gasteiger partial charge on any atom is 0.403 e. The highest BCUT2D eigenvalue weighted by Gasteiger charge is 2.53. The molecule has 1 N–H and O–H groups in total. The first-order valence-corrected chi connectivity index (χ1v) is 13.1. The standard InChI is InChI=1S/C29H23F3O6S/c1-3-18-5-8-20-9-12-22(24-13-4-17(2)26(18)27(20)24)14-23(15-33)19-6-10-21(11-7-19)28(34)38-16-25(30)29(31,32)39(35,36)37/h3-15,18,25H,1,16H2,2H3,(H,35,36,37). The Bertz CT molecular complexity index is 1640. The van der Waals surface area contributed by atoms with Crippen molar-refractivity contribution in [2.45, 2.75) is 24.3 Å². The number of aldehydes is 1. The monoisotopic (exact) mass is 556 g/mol. The topological polar surface area (TPSA) is 97.7 Å². The van der Waals surface area contributed by atoms with E-state index in [9.17, 15) is 31.2 Å². The number of carbonyl (C=O) groups excluding carboxylic acids is 2. The quantitative estimate of drug-likeness (QED) is 0.0847. The summed E-state index contributed by atoms with van der Waals surface area (Å²) >= 11 is 0. The molecular formula is C29H23F3O6S. The fourth-order valence-electron chi connectivity index (χ4n) is 4.46. The minimum Gasteiger partial charge on any atom is -0.459 e. The molecule has 3 aromatic carbocycles. The molecule has 2 unspecified atom stereocenters. The third-order valence-corrected chi connectivity index (χ3v) is 7.48. The van der Waals surface area contributed by atoms with Gasteiger partial charge in [-0.05, 0) is 63.7 Å². The Morgan fingerprint density at radius 2 is 1.79 bits per heavy atom. The van der Waals surface area contributed by atoms with Crippen molar-refractivity contribution in [3.63, 3.8) is 0 Å². The number of ether oxygens (including phenoxy) is 1. The van der Waals surface area contributed by atoms with Gasteiger partial charge in [0.1, 0.15) is 6.61 Å². The van der Waals surface area contributed by atoms with Crippen LogP contribution < -0.4 is 0 Å². The first-order valence-electron chi connectivity index (χ1n) is 11.7. The van der Waals surface area contributed by atoms with Crippen molar-refractivity contribution in [3.05, 3.63) is 101 Å². The molecule has 0 fully saturated rings. The van der Waals surface area contributed by atoms with Crippen molar-refractivity contribution in [2.24, 2.45) is 0 Å². The molecule has 0 aliphatic heterocycles. The number of benzene rings is 3. The molecule has 2 atom stereocenters. The fraction of sp³-hybridized carbons (Fsp3) is 0.172. The smallest absolute Gasteiger partial charge is 0.403 e. The number of aryl methyl sites for hydroxylation is 1. The van der Waals surface area contributed by atoms with Gasteiger partial charge in [0.15, 0.2) is 6.29 Å². The summed E-state index contributed by atoms with van der Waals surface area (Å²) in [6.07, 6.45) is 4.91. The fourth-order valence-corrected chi connectivity index (χ4v) is 4.86. The summed E-state index contributed by atoms with van der Waals surface area (Å²) in [7, 11) is -6.03. The van der Waals surface area contributed by atoms with Crippen LogP contribution in [0, 0.1) is 6.92 Å². The average molecular weight is 557 g/mol. The highest BCUT2D eigenvalue weighted by Crippen LogP contribution is 2.39. The molecule has 6 nitrogen and oxygen atoms in total. The molecule has 1 aliphatic carbocycles. The zero-order chi connectivity index (χ0) is 28.5. The van der Waals surface area contributed by atoms with Crippen LogP contribution in [0.25, 0.3) is 28.5 Å².